The Labute approximate surface area is 93.7 Å². The van der Waals surface area contributed by atoms with E-state index < -0.39 is 0 Å². The average Bonchev–Trinajstić information content (AvgIpc) is 2.64. The largest absolute Gasteiger partial charge is 0.369 e. The summed E-state index contributed by atoms with van der Waals surface area (Å²) in [6.07, 6.45) is 0.337. The molecule has 0 saturated heterocycles. The fourth-order valence-electron chi connectivity index (χ4n) is 1.36. The van der Waals surface area contributed by atoms with Crippen molar-refractivity contribution in [1.29, 1.82) is 0 Å². The smallest absolute Gasteiger partial charge is 0.221 e. The van der Waals surface area contributed by atoms with Gasteiger partial charge in [0.15, 0.2) is 0 Å². The Morgan fingerprint density at radius 3 is 2.67 bits per heavy atom. The van der Waals surface area contributed by atoms with Crippen LogP contribution in [0.2, 0.25) is 0 Å². The lowest BCUT2D eigenvalue weighted by Gasteiger charge is -1.93. The second kappa shape index (κ2) is 5.51. The molecule has 0 spiro atoms. The first kappa shape index (κ1) is 11.7. The van der Waals surface area contributed by atoms with Crippen molar-refractivity contribution >= 4 is 27.3 Å². The SMILES string of the molecule is CC.NC(=O)Cc1csc2ccccc12. The van der Waals surface area contributed by atoms with E-state index in [2.05, 4.69) is 0 Å². The van der Waals surface area contributed by atoms with Crippen LogP contribution in [0, 0.1) is 0 Å². The van der Waals surface area contributed by atoms with Crippen LogP contribution in [0.3, 0.4) is 0 Å². The van der Waals surface area contributed by atoms with Crippen molar-refractivity contribution in [2.45, 2.75) is 20.3 Å². The van der Waals surface area contributed by atoms with E-state index in [1.54, 1.807) is 11.3 Å². The molecule has 1 aromatic carbocycles. The summed E-state index contributed by atoms with van der Waals surface area (Å²) in [7, 11) is 0. The number of primary amides is 1. The number of rotatable bonds is 2. The second-order valence-electron chi connectivity index (χ2n) is 2.90. The van der Waals surface area contributed by atoms with E-state index in [1.807, 2.05) is 43.5 Å². The third-order valence-corrected chi connectivity index (χ3v) is 2.94. The summed E-state index contributed by atoms with van der Waals surface area (Å²) in [5, 5.41) is 3.14. The predicted octanol–water partition coefficient (Wildman–Crippen LogP) is 2.96. The molecular weight excluding hydrogens is 206 g/mol. The zero-order valence-electron chi connectivity index (χ0n) is 8.99. The highest BCUT2D eigenvalue weighted by molar-refractivity contribution is 7.17. The van der Waals surface area contributed by atoms with Gasteiger partial charge in [-0.05, 0) is 22.4 Å². The minimum atomic E-state index is -0.274. The molecule has 1 heterocycles. The van der Waals surface area contributed by atoms with Crippen LogP contribution < -0.4 is 5.73 Å². The third-order valence-electron chi connectivity index (χ3n) is 1.93. The molecule has 80 valence electrons. The van der Waals surface area contributed by atoms with Gasteiger partial charge >= 0.3 is 0 Å². The molecule has 0 aliphatic heterocycles. The molecule has 15 heavy (non-hydrogen) atoms. The van der Waals surface area contributed by atoms with Crippen molar-refractivity contribution in [2.75, 3.05) is 0 Å². The maximum Gasteiger partial charge on any atom is 0.221 e. The molecule has 2 N–H and O–H groups in total. The molecule has 1 amide bonds. The number of nitrogens with two attached hydrogens (primary N) is 1. The summed E-state index contributed by atoms with van der Waals surface area (Å²) in [6, 6.07) is 8.03. The van der Waals surface area contributed by atoms with Gasteiger partial charge in [-0.1, -0.05) is 32.0 Å². The van der Waals surface area contributed by atoms with Gasteiger partial charge in [0, 0.05) is 4.70 Å². The van der Waals surface area contributed by atoms with Gasteiger partial charge in [0.1, 0.15) is 0 Å². The van der Waals surface area contributed by atoms with Gasteiger partial charge < -0.3 is 5.73 Å². The summed E-state index contributed by atoms with van der Waals surface area (Å²) in [6.45, 7) is 4.00. The first-order chi connectivity index (χ1) is 7.27. The number of fused-ring (bicyclic) bond motifs is 1. The lowest BCUT2D eigenvalue weighted by Crippen LogP contribution is -2.13. The normalized spacial score (nSPS) is 9.47. The molecule has 0 aliphatic carbocycles. The average molecular weight is 221 g/mol. The highest BCUT2D eigenvalue weighted by atomic mass is 32.1. The molecule has 0 saturated carbocycles. The van der Waals surface area contributed by atoms with Gasteiger partial charge in [0.05, 0.1) is 6.42 Å². The number of carbonyl (C=O) groups is 1. The Bertz CT molecular complexity index is 448. The summed E-state index contributed by atoms with van der Waals surface area (Å²) in [5.74, 6) is -0.274. The van der Waals surface area contributed by atoms with Gasteiger partial charge in [0.25, 0.3) is 0 Å². The number of amides is 1. The van der Waals surface area contributed by atoms with Crippen LogP contribution in [0.15, 0.2) is 29.6 Å². The van der Waals surface area contributed by atoms with Crippen LogP contribution in [0.5, 0.6) is 0 Å². The number of hydrogen-bond donors (Lipinski definition) is 1. The van der Waals surface area contributed by atoms with Crippen molar-refractivity contribution in [3.05, 3.63) is 35.2 Å². The molecule has 0 fully saturated rings. The molecule has 0 bridgehead atoms. The van der Waals surface area contributed by atoms with Crippen molar-refractivity contribution in [1.82, 2.24) is 0 Å². The van der Waals surface area contributed by atoms with Crippen LogP contribution in [-0.2, 0) is 11.2 Å². The third kappa shape index (κ3) is 2.80. The first-order valence-electron chi connectivity index (χ1n) is 5.01. The van der Waals surface area contributed by atoms with Crippen molar-refractivity contribution in [3.8, 4) is 0 Å². The minimum absolute atomic E-state index is 0.274. The van der Waals surface area contributed by atoms with Crippen molar-refractivity contribution in [2.24, 2.45) is 5.73 Å². The van der Waals surface area contributed by atoms with Gasteiger partial charge in [-0.15, -0.1) is 11.3 Å². The Kier molecular flexibility index (Phi) is 4.31. The Morgan fingerprint density at radius 2 is 2.00 bits per heavy atom. The minimum Gasteiger partial charge on any atom is -0.369 e. The highest BCUT2D eigenvalue weighted by Gasteiger charge is 2.04. The van der Waals surface area contributed by atoms with Crippen LogP contribution in [0.1, 0.15) is 19.4 Å². The van der Waals surface area contributed by atoms with Crippen LogP contribution >= 0.6 is 11.3 Å². The predicted molar refractivity (Wildman–Crippen MR) is 66.1 cm³/mol. The molecule has 0 unspecified atom stereocenters. The molecular formula is C12H15NOS. The standard InChI is InChI=1S/C10H9NOS.C2H6/c11-10(12)5-7-6-13-9-4-2-1-3-8(7)9;1-2/h1-4,6H,5H2,(H2,11,12);1-2H3. The summed E-state index contributed by atoms with van der Waals surface area (Å²) < 4.78 is 1.21. The molecule has 2 rings (SSSR count). The molecule has 0 radical (unpaired) electrons. The lowest BCUT2D eigenvalue weighted by molar-refractivity contribution is -0.117. The quantitative estimate of drug-likeness (QED) is 0.832. The topological polar surface area (TPSA) is 43.1 Å². The molecule has 1 aromatic heterocycles. The monoisotopic (exact) mass is 221 g/mol. The van der Waals surface area contributed by atoms with Crippen molar-refractivity contribution < 1.29 is 4.79 Å². The summed E-state index contributed by atoms with van der Waals surface area (Å²) in [4.78, 5) is 10.7. The molecule has 0 atom stereocenters. The fourth-order valence-corrected chi connectivity index (χ4v) is 2.32. The molecule has 3 heteroatoms. The fraction of sp³-hybridized carbons (Fsp3) is 0.250. The van der Waals surface area contributed by atoms with Gasteiger partial charge in [-0.2, -0.15) is 0 Å². The number of benzene rings is 1. The number of thiophene rings is 1. The van der Waals surface area contributed by atoms with E-state index in [9.17, 15) is 4.79 Å². The maximum atomic E-state index is 10.7. The van der Waals surface area contributed by atoms with E-state index >= 15 is 0 Å². The molecule has 0 aliphatic rings. The first-order valence-corrected chi connectivity index (χ1v) is 5.89. The Morgan fingerprint density at radius 1 is 1.33 bits per heavy atom. The van der Waals surface area contributed by atoms with E-state index in [-0.39, 0.29) is 5.91 Å². The lowest BCUT2D eigenvalue weighted by atomic mass is 10.1. The Balaban J connectivity index is 0.000000531. The zero-order chi connectivity index (χ0) is 11.3. The highest BCUT2D eigenvalue weighted by Crippen LogP contribution is 2.25. The second-order valence-corrected chi connectivity index (χ2v) is 3.81. The van der Waals surface area contributed by atoms with Crippen LogP contribution in [0.25, 0.3) is 10.1 Å². The number of hydrogen-bond acceptors (Lipinski definition) is 2. The van der Waals surface area contributed by atoms with E-state index in [1.165, 1.54) is 4.70 Å². The molecule has 2 nitrogen and oxygen atoms in total. The van der Waals surface area contributed by atoms with E-state index in [0.717, 1.165) is 10.9 Å². The number of carbonyl (C=O) groups excluding carboxylic acids is 1. The van der Waals surface area contributed by atoms with Crippen LogP contribution in [-0.4, -0.2) is 5.91 Å². The maximum absolute atomic E-state index is 10.7. The van der Waals surface area contributed by atoms with E-state index in [4.69, 9.17) is 5.73 Å². The van der Waals surface area contributed by atoms with Crippen LogP contribution in [0.4, 0.5) is 0 Å². The Hall–Kier alpha value is -1.35. The molecule has 2 aromatic rings. The van der Waals surface area contributed by atoms with Crippen molar-refractivity contribution in [3.63, 3.8) is 0 Å². The van der Waals surface area contributed by atoms with Gasteiger partial charge in [-0.25, -0.2) is 0 Å². The summed E-state index contributed by atoms with van der Waals surface area (Å²) >= 11 is 1.65. The summed E-state index contributed by atoms with van der Waals surface area (Å²) in [5.41, 5.74) is 6.18. The zero-order valence-corrected chi connectivity index (χ0v) is 9.80. The van der Waals surface area contributed by atoms with Gasteiger partial charge in [-0.3, -0.25) is 4.79 Å². The van der Waals surface area contributed by atoms with Gasteiger partial charge in [0.2, 0.25) is 5.91 Å². The van der Waals surface area contributed by atoms with E-state index in [0.29, 0.717) is 6.42 Å².